The molecule has 1 aliphatic rings. The van der Waals surface area contributed by atoms with Crippen LogP contribution in [0.3, 0.4) is 0 Å². The van der Waals surface area contributed by atoms with Crippen molar-refractivity contribution in [1.29, 1.82) is 5.26 Å². The lowest BCUT2D eigenvalue weighted by molar-refractivity contribution is 0.320. The molecule has 19 heavy (non-hydrogen) atoms. The average Bonchev–Trinajstić information content (AvgIpc) is 2.47. The van der Waals surface area contributed by atoms with Crippen LogP contribution in [0.4, 0.5) is 5.69 Å². The van der Waals surface area contributed by atoms with Gasteiger partial charge in [-0.15, -0.1) is 0 Å². The Morgan fingerprint density at radius 2 is 2.11 bits per heavy atom. The van der Waals surface area contributed by atoms with Gasteiger partial charge >= 0.3 is 0 Å². The van der Waals surface area contributed by atoms with Crippen LogP contribution in [-0.2, 0) is 0 Å². The number of hydrogen-bond acceptors (Lipinski definition) is 3. The third-order valence-corrected chi connectivity index (χ3v) is 4.57. The molecule has 0 spiro atoms. The van der Waals surface area contributed by atoms with Gasteiger partial charge in [0.25, 0.3) is 0 Å². The van der Waals surface area contributed by atoms with Gasteiger partial charge in [0.2, 0.25) is 0 Å². The second-order valence-corrected chi connectivity index (χ2v) is 6.05. The lowest BCUT2D eigenvalue weighted by Gasteiger charge is -2.31. The highest BCUT2D eigenvalue weighted by atomic mass is 79.9. The Labute approximate surface area is 123 Å². The zero-order chi connectivity index (χ0) is 13.7. The number of anilines is 1. The average molecular weight is 322 g/mol. The number of nitrogens with one attached hydrogen (secondary N) is 1. The Bertz CT molecular complexity index is 461. The predicted molar refractivity (Wildman–Crippen MR) is 81.9 cm³/mol. The van der Waals surface area contributed by atoms with E-state index in [1.807, 2.05) is 18.2 Å². The van der Waals surface area contributed by atoms with Crippen LogP contribution < -0.4 is 11.1 Å². The van der Waals surface area contributed by atoms with Gasteiger partial charge in [0.15, 0.2) is 0 Å². The molecule has 1 fully saturated rings. The first-order chi connectivity index (χ1) is 9.24. The molecule has 4 heteroatoms. The van der Waals surface area contributed by atoms with E-state index in [1.165, 1.54) is 32.1 Å². The minimum absolute atomic E-state index is 0.324. The molecule has 1 aromatic rings. The number of nitrogens with zero attached hydrogens (tertiary/aromatic N) is 1. The fourth-order valence-corrected chi connectivity index (χ4v) is 3.30. The molecule has 1 saturated carbocycles. The Kier molecular flexibility index (Phi) is 5.24. The van der Waals surface area contributed by atoms with Crippen LogP contribution in [0.5, 0.6) is 0 Å². The molecule has 1 aliphatic carbocycles. The van der Waals surface area contributed by atoms with Crippen LogP contribution >= 0.6 is 15.9 Å². The van der Waals surface area contributed by atoms with E-state index in [0.717, 1.165) is 10.2 Å². The van der Waals surface area contributed by atoms with Gasteiger partial charge in [-0.2, -0.15) is 5.26 Å². The summed E-state index contributed by atoms with van der Waals surface area (Å²) in [6, 6.07) is 8.10. The summed E-state index contributed by atoms with van der Waals surface area (Å²) in [4.78, 5) is 0. The van der Waals surface area contributed by atoms with Crippen LogP contribution in [0.2, 0.25) is 0 Å². The molecule has 2 rings (SSSR count). The van der Waals surface area contributed by atoms with Gasteiger partial charge in [-0.25, -0.2) is 0 Å². The maximum Gasteiger partial charge on any atom is 0.0992 e. The standard InChI is InChI=1S/C15H20BrN3/c16-13-8-11(9-17)6-7-14(13)19-15(10-18)12-4-2-1-3-5-12/h6-8,12,15,19H,1-5,10,18H2. The molecule has 3 nitrogen and oxygen atoms in total. The van der Waals surface area contributed by atoms with Crippen molar-refractivity contribution in [3.63, 3.8) is 0 Å². The Morgan fingerprint density at radius 3 is 2.68 bits per heavy atom. The number of rotatable bonds is 4. The summed E-state index contributed by atoms with van der Waals surface area (Å²) < 4.78 is 0.931. The first-order valence-electron chi connectivity index (χ1n) is 6.91. The van der Waals surface area contributed by atoms with Crippen molar-refractivity contribution in [3.8, 4) is 6.07 Å². The van der Waals surface area contributed by atoms with Gasteiger partial charge in [0.1, 0.15) is 0 Å². The maximum absolute atomic E-state index is 8.87. The van der Waals surface area contributed by atoms with Crippen molar-refractivity contribution >= 4 is 21.6 Å². The Hall–Kier alpha value is -1.05. The van der Waals surface area contributed by atoms with Gasteiger partial charge in [-0.05, 0) is 52.9 Å². The van der Waals surface area contributed by atoms with Crippen LogP contribution in [0.1, 0.15) is 37.7 Å². The Balaban J connectivity index is 2.07. The summed E-state index contributed by atoms with van der Waals surface area (Å²) in [7, 11) is 0. The maximum atomic E-state index is 8.87. The highest BCUT2D eigenvalue weighted by Gasteiger charge is 2.22. The van der Waals surface area contributed by atoms with E-state index in [4.69, 9.17) is 11.0 Å². The summed E-state index contributed by atoms with van der Waals surface area (Å²) in [6.07, 6.45) is 6.52. The molecule has 3 N–H and O–H groups in total. The molecule has 0 aliphatic heterocycles. The summed E-state index contributed by atoms with van der Waals surface area (Å²) >= 11 is 3.52. The zero-order valence-corrected chi connectivity index (χ0v) is 12.6. The third kappa shape index (κ3) is 3.71. The highest BCUT2D eigenvalue weighted by molar-refractivity contribution is 9.10. The second-order valence-electron chi connectivity index (χ2n) is 5.19. The van der Waals surface area contributed by atoms with E-state index in [1.54, 1.807) is 0 Å². The smallest absolute Gasteiger partial charge is 0.0992 e. The predicted octanol–water partition coefficient (Wildman–Crippen LogP) is 3.64. The summed E-state index contributed by atoms with van der Waals surface area (Å²) in [5.41, 5.74) is 7.62. The first-order valence-corrected chi connectivity index (χ1v) is 7.70. The van der Waals surface area contributed by atoms with E-state index in [-0.39, 0.29) is 0 Å². The normalized spacial score (nSPS) is 17.7. The zero-order valence-electron chi connectivity index (χ0n) is 11.0. The molecule has 0 aromatic heterocycles. The minimum Gasteiger partial charge on any atom is -0.380 e. The van der Waals surface area contributed by atoms with E-state index >= 15 is 0 Å². The van der Waals surface area contributed by atoms with Crippen molar-refractivity contribution in [2.24, 2.45) is 11.7 Å². The van der Waals surface area contributed by atoms with Gasteiger partial charge in [0, 0.05) is 22.7 Å². The first kappa shape index (κ1) is 14.4. The van der Waals surface area contributed by atoms with E-state index in [2.05, 4.69) is 27.3 Å². The van der Waals surface area contributed by atoms with Crippen LogP contribution in [-0.4, -0.2) is 12.6 Å². The molecule has 1 unspecified atom stereocenters. The summed E-state index contributed by atoms with van der Waals surface area (Å²) in [6.45, 7) is 0.650. The lowest BCUT2D eigenvalue weighted by atomic mass is 9.84. The summed E-state index contributed by atoms with van der Waals surface area (Å²) in [5, 5.41) is 12.4. The number of nitrogens with two attached hydrogens (primary N) is 1. The van der Waals surface area contributed by atoms with E-state index < -0.39 is 0 Å². The summed E-state index contributed by atoms with van der Waals surface area (Å²) in [5.74, 6) is 0.668. The minimum atomic E-state index is 0.324. The quantitative estimate of drug-likeness (QED) is 0.889. The van der Waals surface area contributed by atoms with Crippen LogP contribution in [0, 0.1) is 17.2 Å². The Morgan fingerprint density at radius 1 is 1.37 bits per heavy atom. The lowest BCUT2D eigenvalue weighted by Crippen LogP contribution is -2.37. The topological polar surface area (TPSA) is 61.8 Å². The highest BCUT2D eigenvalue weighted by Crippen LogP contribution is 2.30. The van der Waals surface area contributed by atoms with Gasteiger partial charge in [-0.1, -0.05) is 19.3 Å². The van der Waals surface area contributed by atoms with E-state index in [9.17, 15) is 0 Å². The molecule has 1 atom stereocenters. The number of benzene rings is 1. The second kappa shape index (κ2) is 6.93. The molecule has 102 valence electrons. The number of halogens is 1. The largest absolute Gasteiger partial charge is 0.380 e. The van der Waals surface area contributed by atoms with E-state index in [0.29, 0.717) is 24.1 Å². The monoisotopic (exact) mass is 321 g/mol. The van der Waals surface area contributed by atoms with Crippen LogP contribution in [0.15, 0.2) is 22.7 Å². The third-order valence-electron chi connectivity index (χ3n) is 3.91. The fourth-order valence-electron chi connectivity index (χ4n) is 2.81. The van der Waals surface area contributed by atoms with Gasteiger partial charge < -0.3 is 11.1 Å². The van der Waals surface area contributed by atoms with Crippen LogP contribution in [0.25, 0.3) is 0 Å². The molecule has 0 heterocycles. The molecular weight excluding hydrogens is 302 g/mol. The molecule has 1 aromatic carbocycles. The van der Waals surface area contributed by atoms with Crippen molar-refractivity contribution < 1.29 is 0 Å². The van der Waals surface area contributed by atoms with Gasteiger partial charge in [0.05, 0.1) is 11.6 Å². The van der Waals surface area contributed by atoms with Crippen molar-refractivity contribution in [3.05, 3.63) is 28.2 Å². The molecule has 0 radical (unpaired) electrons. The molecule has 0 saturated heterocycles. The fraction of sp³-hybridized carbons (Fsp3) is 0.533. The SMILES string of the molecule is N#Cc1ccc(NC(CN)C2CCCCC2)c(Br)c1. The van der Waals surface area contributed by atoms with Gasteiger partial charge in [-0.3, -0.25) is 0 Å². The van der Waals surface area contributed by atoms with Crippen molar-refractivity contribution in [2.75, 3.05) is 11.9 Å². The van der Waals surface area contributed by atoms with Crippen molar-refractivity contribution in [1.82, 2.24) is 0 Å². The number of hydrogen-bond donors (Lipinski definition) is 2. The van der Waals surface area contributed by atoms with Crippen molar-refractivity contribution in [2.45, 2.75) is 38.1 Å². The molecule has 0 bridgehead atoms. The molecule has 0 amide bonds. The molecular formula is C15H20BrN3. The number of nitriles is 1.